The van der Waals surface area contributed by atoms with E-state index in [1.165, 1.54) is 0 Å². The number of benzene rings is 1. The number of hydrogen-bond donors (Lipinski definition) is 1. The summed E-state index contributed by atoms with van der Waals surface area (Å²) < 4.78 is 0.868. The number of hydrogen-bond acceptors (Lipinski definition) is 4. The smallest absolute Gasteiger partial charge is 0.107 e. The summed E-state index contributed by atoms with van der Waals surface area (Å²) >= 11 is 3.32. The van der Waals surface area contributed by atoms with Crippen molar-refractivity contribution in [3.8, 4) is 12.1 Å². The Labute approximate surface area is 96.6 Å². The van der Waals surface area contributed by atoms with Gasteiger partial charge in [0.2, 0.25) is 0 Å². The van der Waals surface area contributed by atoms with Crippen LogP contribution in [0.25, 0.3) is 0 Å². The maximum Gasteiger partial charge on any atom is 0.107 e. The summed E-state index contributed by atoms with van der Waals surface area (Å²) in [5.74, 6) is 0. The van der Waals surface area contributed by atoms with E-state index >= 15 is 0 Å². The van der Waals surface area contributed by atoms with Crippen LogP contribution in [0.4, 0.5) is 11.4 Å². The highest BCUT2D eigenvalue weighted by molar-refractivity contribution is 9.10. The number of nitrogens with zero attached hydrogens (tertiary/aromatic N) is 3. The van der Waals surface area contributed by atoms with E-state index in [1.54, 1.807) is 17.0 Å². The van der Waals surface area contributed by atoms with E-state index in [-0.39, 0.29) is 13.1 Å². The molecule has 0 heterocycles. The molecule has 0 spiro atoms. The molecule has 0 saturated carbocycles. The highest BCUT2D eigenvalue weighted by Crippen LogP contribution is 2.26. The van der Waals surface area contributed by atoms with Crippen LogP contribution >= 0.6 is 15.9 Å². The standard InChI is InChI=1S/C10H9BrN4/c11-8-1-2-9(14)10(7-8)15(5-3-12)6-4-13/h1-2,7H,5-6,14H2. The van der Waals surface area contributed by atoms with E-state index in [4.69, 9.17) is 16.3 Å². The van der Waals surface area contributed by atoms with Gasteiger partial charge in [0.05, 0.1) is 23.5 Å². The van der Waals surface area contributed by atoms with E-state index in [2.05, 4.69) is 15.9 Å². The minimum absolute atomic E-state index is 0.147. The van der Waals surface area contributed by atoms with Gasteiger partial charge in [-0.2, -0.15) is 10.5 Å². The normalized spacial score (nSPS) is 9.00. The molecule has 2 N–H and O–H groups in total. The van der Waals surface area contributed by atoms with Crippen molar-refractivity contribution in [3.05, 3.63) is 22.7 Å². The van der Waals surface area contributed by atoms with Gasteiger partial charge in [0.1, 0.15) is 13.1 Å². The number of nitrogen functional groups attached to an aromatic ring is 1. The van der Waals surface area contributed by atoms with Crippen LogP contribution in [-0.2, 0) is 0 Å². The second-order valence-corrected chi connectivity index (χ2v) is 3.79. The maximum absolute atomic E-state index is 8.63. The van der Waals surface area contributed by atoms with E-state index in [0.29, 0.717) is 11.4 Å². The predicted molar refractivity (Wildman–Crippen MR) is 62.0 cm³/mol. The molecule has 0 radical (unpaired) electrons. The first-order valence-corrected chi connectivity index (χ1v) is 5.02. The molecule has 15 heavy (non-hydrogen) atoms. The molecule has 0 fully saturated rings. The van der Waals surface area contributed by atoms with Crippen LogP contribution in [0.3, 0.4) is 0 Å². The summed E-state index contributed by atoms with van der Waals surface area (Å²) in [5, 5.41) is 17.3. The number of nitriles is 2. The molecule has 0 atom stereocenters. The fourth-order valence-electron chi connectivity index (χ4n) is 1.19. The van der Waals surface area contributed by atoms with Gasteiger partial charge in [0.15, 0.2) is 0 Å². The van der Waals surface area contributed by atoms with Gasteiger partial charge in [-0.05, 0) is 18.2 Å². The monoisotopic (exact) mass is 264 g/mol. The lowest BCUT2D eigenvalue weighted by Gasteiger charge is -2.20. The van der Waals surface area contributed by atoms with Crippen molar-refractivity contribution in [2.45, 2.75) is 0 Å². The van der Waals surface area contributed by atoms with Gasteiger partial charge in [-0.15, -0.1) is 0 Å². The molecule has 1 rings (SSSR count). The SMILES string of the molecule is N#CCN(CC#N)c1cc(Br)ccc1N. The van der Waals surface area contributed by atoms with E-state index in [1.807, 2.05) is 18.2 Å². The molecule has 76 valence electrons. The summed E-state index contributed by atoms with van der Waals surface area (Å²) in [7, 11) is 0. The second kappa shape index (κ2) is 5.23. The molecule has 1 aromatic rings. The summed E-state index contributed by atoms with van der Waals surface area (Å²) in [6.45, 7) is 0.294. The van der Waals surface area contributed by atoms with Crippen molar-refractivity contribution >= 4 is 27.3 Å². The van der Waals surface area contributed by atoms with Gasteiger partial charge < -0.3 is 10.6 Å². The Hall–Kier alpha value is -1.72. The summed E-state index contributed by atoms with van der Waals surface area (Å²) in [4.78, 5) is 1.63. The molecule has 4 nitrogen and oxygen atoms in total. The fraction of sp³-hybridized carbons (Fsp3) is 0.200. The van der Waals surface area contributed by atoms with Crippen molar-refractivity contribution in [2.24, 2.45) is 0 Å². The Bertz CT molecular complexity index is 414. The second-order valence-electron chi connectivity index (χ2n) is 2.88. The van der Waals surface area contributed by atoms with Gasteiger partial charge >= 0.3 is 0 Å². The molecular formula is C10H9BrN4. The predicted octanol–water partition coefficient (Wildman–Crippen LogP) is 1.88. The first-order chi connectivity index (χ1) is 7.19. The Morgan fingerprint density at radius 3 is 2.40 bits per heavy atom. The molecule has 0 unspecified atom stereocenters. The van der Waals surface area contributed by atoms with Gasteiger partial charge in [-0.3, -0.25) is 0 Å². The Morgan fingerprint density at radius 2 is 1.87 bits per heavy atom. The first-order valence-electron chi connectivity index (χ1n) is 4.23. The Morgan fingerprint density at radius 1 is 1.27 bits per heavy atom. The third-order valence-electron chi connectivity index (χ3n) is 1.86. The quantitative estimate of drug-likeness (QED) is 0.668. The molecular weight excluding hydrogens is 256 g/mol. The van der Waals surface area contributed by atoms with Gasteiger partial charge in [-0.25, -0.2) is 0 Å². The van der Waals surface area contributed by atoms with E-state index < -0.39 is 0 Å². The molecule has 0 aliphatic heterocycles. The summed E-state index contributed by atoms with van der Waals surface area (Å²) in [5.41, 5.74) is 7.03. The lowest BCUT2D eigenvalue weighted by atomic mass is 10.2. The average Bonchev–Trinajstić information content (AvgIpc) is 2.21. The van der Waals surface area contributed by atoms with Crippen LogP contribution in [-0.4, -0.2) is 13.1 Å². The molecule has 0 bridgehead atoms. The maximum atomic E-state index is 8.63. The highest BCUT2D eigenvalue weighted by Gasteiger charge is 2.09. The summed E-state index contributed by atoms with van der Waals surface area (Å²) in [6, 6.07) is 9.35. The van der Waals surface area contributed by atoms with Crippen molar-refractivity contribution in [2.75, 3.05) is 23.7 Å². The largest absolute Gasteiger partial charge is 0.397 e. The topological polar surface area (TPSA) is 76.8 Å². The molecule has 0 aromatic heterocycles. The third kappa shape index (κ3) is 2.87. The zero-order chi connectivity index (χ0) is 11.3. The van der Waals surface area contributed by atoms with Crippen LogP contribution in [0.1, 0.15) is 0 Å². The lowest BCUT2D eigenvalue weighted by Crippen LogP contribution is -2.24. The lowest BCUT2D eigenvalue weighted by molar-refractivity contribution is 0.968. The average molecular weight is 265 g/mol. The molecule has 0 aliphatic rings. The Kier molecular flexibility index (Phi) is 3.96. The van der Waals surface area contributed by atoms with Crippen molar-refractivity contribution in [1.29, 1.82) is 10.5 Å². The molecule has 0 saturated heterocycles. The molecule has 5 heteroatoms. The van der Waals surface area contributed by atoms with Crippen LogP contribution < -0.4 is 10.6 Å². The third-order valence-corrected chi connectivity index (χ3v) is 2.35. The first kappa shape index (κ1) is 11.4. The van der Waals surface area contributed by atoms with Crippen molar-refractivity contribution < 1.29 is 0 Å². The zero-order valence-electron chi connectivity index (χ0n) is 7.94. The Balaban J connectivity index is 3.06. The number of rotatable bonds is 3. The van der Waals surface area contributed by atoms with E-state index in [0.717, 1.165) is 4.47 Å². The van der Waals surface area contributed by atoms with Crippen LogP contribution in [0.2, 0.25) is 0 Å². The molecule has 0 aliphatic carbocycles. The van der Waals surface area contributed by atoms with Crippen molar-refractivity contribution in [3.63, 3.8) is 0 Å². The highest BCUT2D eigenvalue weighted by atomic mass is 79.9. The van der Waals surface area contributed by atoms with Gasteiger partial charge in [0, 0.05) is 4.47 Å². The van der Waals surface area contributed by atoms with Crippen LogP contribution in [0, 0.1) is 22.7 Å². The minimum Gasteiger partial charge on any atom is -0.397 e. The molecule has 0 amide bonds. The molecule has 1 aromatic carbocycles. The number of halogens is 1. The fourth-order valence-corrected chi connectivity index (χ4v) is 1.54. The van der Waals surface area contributed by atoms with Crippen molar-refractivity contribution in [1.82, 2.24) is 0 Å². The number of nitrogens with two attached hydrogens (primary N) is 1. The number of anilines is 2. The minimum atomic E-state index is 0.147. The van der Waals surface area contributed by atoms with Gasteiger partial charge in [0.25, 0.3) is 0 Å². The van der Waals surface area contributed by atoms with Crippen LogP contribution in [0.15, 0.2) is 22.7 Å². The zero-order valence-corrected chi connectivity index (χ0v) is 9.53. The van der Waals surface area contributed by atoms with Gasteiger partial charge in [-0.1, -0.05) is 15.9 Å². The summed E-state index contributed by atoms with van der Waals surface area (Å²) in [6.07, 6.45) is 0. The van der Waals surface area contributed by atoms with E-state index in [9.17, 15) is 0 Å². The van der Waals surface area contributed by atoms with Crippen LogP contribution in [0.5, 0.6) is 0 Å².